The SMILES string of the molecule is COCCOc1nc2nn(-c3c(F)cc(C4CC4)cc3C(F)F)cc2c(=O)[nH]1. The minimum atomic E-state index is -2.89. The number of fused-ring (bicyclic) bond motifs is 1. The highest BCUT2D eigenvalue weighted by Gasteiger charge is 2.28. The summed E-state index contributed by atoms with van der Waals surface area (Å²) in [6.07, 6.45) is 0.00672. The molecule has 0 unspecified atom stereocenters. The molecule has 0 amide bonds. The van der Waals surface area contributed by atoms with Gasteiger partial charge in [-0.15, -0.1) is 5.10 Å². The highest BCUT2D eigenvalue weighted by molar-refractivity contribution is 5.73. The average Bonchev–Trinajstić information content (AvgIpc) is 3.41. The van der Waals surface area contributed by atoms with Crippen molar-refractivity contribution in [2.45, 2.75) is 25.2 Å². The second kappa shape index (κ2) is 7.27. The van der Waals surface area contributed by atoms with E-state index in [1.807, 2.05) is 0 Å². The number of hydrogen-bond donors (Lipinski definition) is 1. The molecule has 1 aromatic carbocycles. The Hall–Kier alpha value is -2.88. The first-order valence-electron chi connectivity index (χ1n) is 8.71. The summed E-state index contributed by atoms with van der Waals surface area (Å²) in [5.41, 5.74) is -0.918. The molecule has 2 aromatic heterocycles. The number of alkyl halides is 2. The first-order valence-corrected chi connectivity index (χ1v) is 8.71. The molecule has 1 aliphatic carbocycles. The Morgan fingerprint density at radius 1 is 1.32 bits per heavy atom. The molecule has 10 heteroatoms. The van der Waals surface area contributed by atoms with E-state index >= 15 is 0 Å². The van der Waals surface area contributed by atoms with Crippen molar-refractivity contribution >= 4 is 11.0 Å². The number of benzene rings is 1. The van der Waals surface area contributed by atoms with Gasteiger partial charge in [-0.1, -0.05) is 0 Å². The fraction of sp³-hybridized carbons (Fsp3) is 0.389. The minimum Gasteiger partial charge on any atom is -0.462 e. The molecule has 1 saturated carbocycles. The Kier molecular flexibility index (Phi) is 4.80. The molecule has 0 atom stereocenters. The summed E-state index contributed by atoms with van der Waals surface area (Å²) in [7, 11) is 1.49. The molecule has 28 heavy (non-hydrogen) atoms. The lowest BCUT2D eigenvalue weighted by Crippen LogP contribution is -2.12. The van der Waals surface area contributed by atoms with Crippen LogP contribution in [-0.2, 0) is 4.74 Å². The molecular formula is C18H17F3N4O3. The lowest BCUT2D eigenvalue weighted by atomic mass is 10.0. The smallest absolute Gasteiger partial charge is 0.298 e. The van der Waals surface area contributed by atoms with Crippen LogP contribution in [0.15, 0.2) is 23.1 Å². The average molecular weight is 394 g/mol. The summed E-state index contributed by atoms with van der Waals surface area (Å²) >= 11 is 0. The van der Waals surface area contributed by atoms with Gasteiger partial charge >= 0.3 is 0 Å². The molecule has 0 saturated heterocycles. The molecule has 3 aromatic rings. The van der Waals surface area contributed by atoms with Crippen molar-refractivity contribution in [3.05, 3.63) is 45.6 Å². The van der Waals surface area contributed by atoms with E-state index < -0.39 is 29.1 Å². The fourth-order valence-electron chi connectivity index (χ4n) is 3.00. The number of nitrogens with one attached hydrogen (secondary N) is 1. The van der Waals surface area contributed by atoms with Crippen LogP contribution >= 0.6 is 0 Å². The van der Waals surface area contributed by atoms with Crippen LogP contribution in [0.4, 0.5) is 13.2 Å². The molecule has 1 aliphatic rings. The summed E-state index contributed by atoms with van der Waals surface area (Å²) in [4.78, 5) is 18.7. The zero-order valence-corrected chi connectivity index (χ0v) is 14.9. The van der Waals surface area contributed by atoms with E-state index in [4.69, 9.17) is 9.47 Å². The van der Waals surface area contributed by atoms with Crippen molar-refractivity contribution in [3.8, 4) is 11.7 Å². The third kappa shape index (κ3) is 3.47. The maximum atomic E-state index is 14.7. The van der Waals surface area contributed by atoms with E-state index in [1.54, 1.807) is 0 Å². The quantitative estimate of drug-likeness (QED) is 0.623. The molecular weight excluding hydrogens is 377 g/mol. The number of nitrogens with zero attached hydrogens (tertiary/aromatic N) is 3. The van der Waals surface area contributed by atoms with Crippen molar-refractivity contribution in [3.63, 3.8) is 0 Å². The maximum absolute atomic E-state index is 14.7. The summed E-state index contributed by atoms with van der Waals surface area (Å²) in [6.45, 7) is 0.435. The van der Waals surface area contributed by atoms with E-state index in [0.717, 1.165) is 17.5 Å². The van der Waals surface area contributed by atoms with Crippen LogP contribution in [0.5, 0.6) is 6.01 Å². The van der Waals surface area contributed by atoms with Gasteiger partial charge in [-0.25, -0.2) is 17.9 Å². The first-order chi connectivity index (χ1) is 13.5. The van der Waals surface area contributed by atoms with Crippen molar-refractivity contribution in [1.29, 1.82) is 0 Å². The number of aromatic nitrogens is 4. The molecule has 0 spiro atoms. The van der Waals surface area contributed by atoms with E-state index in [2.05, 4.69) is 15.1 Å². The highest BCUT2D eigenvalue weighted by Crippen LogP contribution is 2.42. The number of rotatable bonds is 7. The molecule has 0 aliphatic heterocycles. The number of aromatic amines is 1. The van der Waals surface area contributed by atoms with Crippen LogP contribution in [0.1, 0.15) is 36.3 Å². The van der Waals surface area contributed by atoms with Crippen molar-refractivity contribution < 1.29 is 22.6 Å². The Labute approximate surface area is 157 Å². The Balaban J connectivity index is 1.78. The lowest BCUT2D eigenvalue weighted by molar-refractivity contribution is 0.141. The molecule has 0 radical (unpaired) electrons. The number of ether oxygens (including phenoxy) is 2. The van der Waals surface area contributed by atoms with Crippen LogP contribution < -0.4 is 10.3 Å². The third-order valence-corrected chi connectivity index (χ3v) is 4.52. The largest absolute Gasteiger partial charge is 0.462 e. The summed E-state index contributed by atoms with van der Waals surface area (Å²) < 4.78 is 53.0. The zero-order chi connectivity index (χ0) is 19.8. The summed E-state index contributed by atoms with van der Waals surface area (Å²) in [5.74, 6) is -0.699. The molecule has 7 nitrogen and oxygen atoms in total. The van der Waals surface area contributed by atoms with Gasteiger partial charge in [0.25, 0.3) is 18.0 Å². The zero-order valence-electron chi connectivity index (χ0n) is 14.9. The Morgan fingerprint density at radius 3 is 2.79 bits per heavy atom. The standard InChI is InChI=1S/C18H17F3N4O3/c1-27-4-5-28-18-22-16-12(17(26)23-18)8-25(24-16)14-11(15(20)21)6-10(7-13(14)19)9-2-3-9/h6-9,15H,2-5H2,1H3,(H,22,23,24,26). The number of methoxy groups -OCH3 is 1. The number of H-pyrrole nitrogens is 1. The molecule has 1 fully saturated rings. The fourth-order valence-corrected chi connectivity index (χ4v) is 3.00. The van der Waals surface area contributed by atoms with Crippen molar-refractivity contribution in [1.82, 2.24) is 19.7 Å². The van der Waals surface area contributed by atoms with Crippen LogP contribution in [0.2, 0.25) is 0 Å². The topological polar surface area (TPSA) is 82.0 Å². The number of halogens is 3. The van der Waals surface area contributed by atoms with Gasteiger partial charge in [-0.05, 0) is 36.5 Å². The van der Waals surface area contributed by atoms with Crippen molar-refractivity contribution in [2.75, 3.05) is 20.3 Å². The lowest BCUT2D eigenvalue weighted by Gasteiger charge is -2.12. The van der Waals surface area contributed by atoms with E-state index in [9.17, 15) is 18.0 Å². The molecule has 0 bridgehead atoms. The van der Waals surface area contributed by atoms with Gasteiger partial charge in [0.15, 0.2) is 5.65 Å². The van der Waals surface area contributed by atoms with Gasteiger partial charge in [0, 0.05) is 18.9 Å². The van der Waals surface area contributed by atoms with Crippen LogP contribution in [-0.4, -0.2) is 40.1 Å². The molecule has 4 rings (SSSR count). The van der Waals surface area contributed by atoms with Gasteiger partial charge in [-0.3, -0.25) is 9.78 Å². The van der Waals surface area contributed by atoms with Gasteiger partial charge in [0.2, 0.25) is 0 Å². The monoisotopic (exact) mass is 394 g/mol. The molecule has 2 heterocycles. The van der Waals surface area contributed by atoms with Crippen LogP contribution in [0, 0.1) is 5.82 Å². The van der Waals surface area contributed by atoms with Gasteiger partial charge in [-0.2, -0.15) is 4.98 Å². The second-order valence-electron chi connectivity index (χ2n) is 6.54. The van der Waals surface area contributed by atoms with Crippen molar-refractivity contribution in [2.24, 2.45) is 0 Å². The Bertz CT molecular complexity index is 1080. The third-order valence-electron chi connectivity index (χ3n) is 4.52. The number of hydrogen-bond acceptors (Lipinski definition) is 5. The second-order valence-corrected chi connectivity index (χ2v) is 6.54. The molecule has 1 N–H and O–H groups in total. The van der Waals surface area contributed by atoms with Crippen LogP contribution in [0.3, 0.4) is 0 Å². The summed E-state index contributed by atoms with van der Waals surface area (Å²) in [5, 5.41) is 4.06. The summed E-state index contributed by atoms with van der Waals surface area (Å²) in [6, 6.07) is 2.48. The van der Waals surface area contributed by atoms with Gasteiger partial charge in [0.1, 0.15) is 23.5 Å². The predicted octanol–water partition coefficient (Wildman–Crippen LogP) is 3.09. The van der Waals surface area contributed by atoms with E-state index in [1.165, 1.54) is 25.4 Å². The highest BCUT2D eigenvalue weighted by atomic mass is 19.3. The van der Waals surface area contributed by atoms with E-state index in [-0.39, 0.29) is 36.2 Å². The predicted molar refractivity (Wildman–Crippen MR) is 93.7 cm³/mol. The molecule has 148 valence electrons. The minimum absolute atomic E-state index is 0.0324. The maximum Gasteiger partial charge on any atom is 0.298 e. The normalized spacial score (nSPS) is 14.2. The van der Waals surface area contributed by atoms with Gasteiger partial charge < -0.3 is 9.47 Å². The van der Waals surface area contributed by atoms with E-state index in [0.29, 0.717) is 5.56 Å². The Morgan fingerprint density at radius 2 is 2.11 bits per heavy atom. The van der Waals surface area contributed by atoms with Crippen LogP contribution in [0.25, 0.3) is 16.7 Å². The first kappa shape index (κ1) is 18.5. The van der Waals surface area contributed by atoms with Gasteiger partial charge in [0.05, 0.1) is 6.61 Å².